The van der Waals surface area contributed by atoms with Crippen LogP contribution in [0.5, 0.6) is 0 Å². The molecule has 3 rings (SSSR count). The zero-order chi connectivity index (χ0) is 23.1. The minimum atomic E-state index is -1.01. The Morgan fingerprint density at radius 1 is 0.500 bits per heavy atom. The lowest BCUT2D eigenvalue weighted by molar-refractivity contribution is -0.246. The molecule has 0 radical (unpaired) electrons. The van der Waals surface area contributed by atoms with Crippen LogP contribution in [-0.2, 0) is 28.4 Å². The van der Waals surface area contributed by atoms with E-state index in [1.165, 1.54) is 28.4 Å². The largest absolute Gasteiger partial charge is 0.452 e. The van der Waals surface area contributed by atoms with Gasteiger partial charge in [0.25, 0.3) is 0 Å². The fourth-order valence-corrected chi connectivity index (χ4v) is 3.99. The summed E-state index contributed by atoms with van der Waals surface area (Å²) in [6.07, 6.45) is -4.87. The van der Waals surface area contributed by atoms with Crippen molar-refractivity contribution >= 4 is 11.9 Å². The van der Waals surface area contributed by atoms with Gasteiger partial charge in [-0.15, -0.1) is 0 Å². The molecule has 0 heterocycles. The highest BCUT2D eigenvalue weighted by molar-refractivity contribution is 5.90. The average Bonchev–Trinajstić information content (AvgIpc) is 2.84. The van der Waals surface area contributed by atoms with Gasteiger partial charge in [-0.1, -0.05) is 36.4 Å². The maximum absolute atomic E-state index is 12.9. The van der Waals surface area contributed by atoms with Crippen molar-refractivity contribution in [2.24, 2.45) is 0 Å². The second-order valence-electron chi connectivity index (χ2n) is 7.27. The summed E-state index contributed by atoms with van der Waals surface area (Å²) >= 11 is 0. The van der Waals surface area contributed by atoms with E-state index in [2.05, 4.69) is 0 Å². The quantitative estimate of drug-likeness (QED) is 0.574. The first-order valence-electron chi connectivity index (χ1n) is 10.2. The van der Waals surface area contributed by atoms with Gasteiger partial charge in [0.1, 0.15) is 24.4 Å². The third kappa shape index (κ3) is 4.99. The molecule has 0 bridgehead atoms. The van der Waals surface area contributed by atoms with E-state index >= 15 is 0 Å². The molecule has 32 heavy (non-hydrogen) atoms. The van der Waals surface area contributed by atoms with Crippen molar-refractivity contribution in [3.05, 3.63) is 71.8 Å². The van der Waals surface area contributed by atoms with Crippen LogP contribution in [0.1, 0.15) is 20.7 Å². The van der Waals surface area contributed by atoms with Gasteiger partial charge >= 0.3 is 11.9 Å². The highest BCUT2D eigenvalue weighted by atomic mass is 16.6. The molecular formula is C24H28O8. The first kappa shape index (κ1) is 23.9. The molecule has 1 unspecified atom stereocenters. The standard InChI is InChI=1S/C24H28O8/c1-27-17-18(28-2)20(30-4)22(32-24(26)16-13-9-6-10-14-16)21(19(17)29-3)31-23(25)15-11-7-5-8-12-15/h5-14,17-22H,1-4H3/t17-,18?,19+,20+,21-,22-/m0/s1. The van der Waals surface area contributed by atoms with E-state index in [0.717, 1.165) is 0 Å². The molecule has 172 valence electrons. The second-order valence-corrected chi connectivity index (χ2v) is 7.27. The molecule has 1 aliphatic carbocycles. The van der Waals surface area contributed by atoms with Crippen LogP contribution < -0.4 is 0 Å². The highest BCUT2D eigenvalue weighted by Crippen LogP contribution is 2.33. The van der Waals surface area contributed by atoms with Crippen LogP contribution in [0.25, 0.3) is 0 Å². The lowest BCUT2D eigenvalue weighted by Crippen LogP contribution is -2.67. The van der Waals surface area contributed by atoms with Gasteiger partial charge in [0.15, 0.2) is 12.2 Å². The summed E-state index contributed by atoms with van der Waals surface area (Å²) in [5, 5.41) is 0. The number of hydrogen-bond donors (Lipinski definition) is 0. The van der Waals surface area contributed by atoms with Gasteiger partial charge in [-0.3, -0.25) is 0 Å². The first-order chi connectivity index (χ1) is 15.5. The molecule has 0 aliphatic heterocycles. The molecule has 0 saturated heterocycles. The normalized spacial score (nSPS) is 27.5. The third-order valence-corrected chi connectivity index (χ3v) is 5.54. The maximum Gasteiger partial charge on any atom is 0.338 e. The van der Waals surface area contributed by atoms with Crippen LogP contribution >= 0.6 is 0 Å². The summed E-state index contributed by atoms with van der Waals surface area (Å²) < 4.78 is 34.2. The molecular weight excluding hydrogens is 416 g/mol. The van der Waals surface area contributed by atoms with Crippen molar-refractivity contribution in [3.8, 4) is 0 Å². The van der Waals surface area contributed by atoms with Gasteiger partial charge in [-0.05, 0) is 24.3 Å². The van der Waals surface area contributed by atoms with Gasteiger partial charge in [-0.2, -0.15) is 0 Å². The van der Waals surface area contributed by atoms with Crippen molar-refractivity contribution in [3.63, 3.8) is 0 Å². The highest BCUT2D eigenvalue weighted by Gasteiger charge is 2.56. The first-order valence-corrected chi connectivity index (χ1v) is 10.2. The molecule has 8 heteroatoms. The van der Waals surface area contributed by atoms with Crippen molar-refractivity contribution in [1.29, 1.82) is 0 Å². The summed E-state index contributed by atoms with van der Waals surface area (Å²) in [5.74, 6) is -1.17. The third-order valence-electron chi connectivity index (χ3n) is 5.54. The number of rotatable bonds is 8. The Labute approximate surface area is 187 Å². The van der Waals surface area contributed by atoms with E-state index in [4.69, 9.17) is 28.4 Å². The average molecular weight is 444 g/mol. The molecule has 2 aromatic carbocycles. The van der Waals surface area contributed by atoms with Crippen LogP contribution in [0, 0.1) is 0 Å². The molecule has 1 fully saturated rings. The summed E-state index contributed by atoms with van der Waals surface area (Å²) in [5.41, 5.74) is 0.708. The topological polar surface area (TPSA) is 89.5 Å². The van der Waals surface area contributed by atoms with Crippen LogP contribution in [0.15, 0.2) is 60.7 Å². The number of benzene rings is 2. The summed E-state index contributed by atoms with van der Waals surface area (Å²) in [7, 11) is 5.94. The molecule has 0 N–H and O–H groups in total. The van der Waals surface area contributed by atoms with Crippen LogP contribution in [0.3, 0.4) is 0 Å². The monoisotopic (exact) mass is 444 g/mol. The second kappa shape index (κ2) is 11.2. The molecule has 8 nitrogen and oxygen atoms in total. The molecule has 2 aromatic rings. The van der Waals surface area contributed by atoms with Crippen LogP contribution in [-0.4, -0.2) is 77.0 Å². The Hall–Kier alpha value is -2.78. The Balaban J connectivity index is 1.97. The summed E-state index contributed by atoms with van der Waals surface area (Å²) in [6, 6.07) is 17.1. The smallest absolute Gasteiger partial charge is 0.338 e. The minimum absolute atomic E-state index is 0.354. The van der Waals surface area contributed by atoms with Gasteiger partial charge in [0, 0.05) is 28.4 Å². The number of carbonyl (C=O) groups excluding carboxylic acids is 2. The predicted octanol–water partition coefficient (Wildman–Crippen LogP) is 2.51. The van der Waals surface area contributed by atoms with Crippen molar-refractivity contribution in [2.75, 3.05) is 28.4 Å². The molecule has 0 spiro atoms. The summed E-state index contributed by atoms with van der Waals surface area (Å²) in [4.78, 5) is 25.8. The van der Waals surface area contributed by atoms with Crippen molar-refractivity contribution < 1.29 is 38.0 Å². The molecule has 0 amide bonds. The Morgan fingerprint density at radius 3 is 1.06 bits per heavy atom. The Bertz CT molecular complexity index is 799. The number of ether oxygens (including phenoxy) is 6. The predicted molar refractivity (Wildman–Crippen MR) is 114 cm³/mol. The Kier molecular flexibility index (Phi) is 8.35. The Morgan fingerprint density at radius 2 is 0.781 bits per heavy atom. The van der Waals surface area contributed by atoms with E-state index in [9.17, 15) is 9.59 Å². The zero-order valence-electron chi connectivity index (χ0n) is 18.5. The van der Waals surface area contributed by atoms with E-state index in [0.29, 0.717) is 11.1 Å². The lowest BCUT2D eigenvalue weighted by atomic mass is 9.83. The van der Waals surface area contributed by atoms with E-state index in [-0.39, 0.29) is 0 Å². The molecule has 0 aromatic heterocycles. The molecule has 1 saturated carbocycles. The van der Waals surface area contributed by atoms with Gasteiger partial charge in [0.2, 0.25) is 0 Å². The van der Waals surface area contributed by atoms with Gasteiger partial charge in [-0.25, -0.2) is 9.59 Å². The number of carbonyl (C=O) groups is 2. The summed E-state index contributed by atoms with van der Waals surface area (Å²) in [6.45, 7) is 0. The maximum atomic E-state index is 12.9. The van der Waals surface area contributed by atoms with E-state index in [1.54, 1.807) is 60.7 Å². The fraction of sp³-hybridized carbons (Fsp3) is 0.417. The van der Waals surface area contributed by atoms with E-state index < -0.39 is 48.6 Å². The van der Waals surface area contributed by atoms with Crippen LogP contribution in [0.4, 0.5) is 0 Å². The van der Waals surface area contributed by atoms with Crippen molar-refractivity contribution in [2.45, 2.75) is 36.6 Å². The molecule has 1 aliphatic rings. The minimum Gasteiger partial charge on any atom is -0.452 e. The number of esters is 2. The van der Waals surface area contributed by atoms with E-state index in [1.807, 2.05) is 0 Å². The van der Waals surface area contributed by atoms with Gasteiger partial charge in [0.05, 0.1) is 11.1 Å². The van der Waals surface area contributed by atoms with Crippen molar-refractivity contribution in [1.82, 2.24) is 0 Å². The fourth-order valence-electron chi connectivity index (χ4n) is 3.99. The van der Waals surface area contributed by atoms with Crippen LogP contribution in [0.2, 0.25) is 0 Å². The number of methoxy groups -OCH3 is 4. The molecule has 6 atom stereocenters. The lowest BCUT2D eigenvalue weighted by Gasteiger charge is -2.47. The number of hydrogen-bond acceptors (Lipinski definition) is 8. The van der Waals surface area contributed by atoms with Gasteiger partial charge < -0.3 is 28.4 Å². The SMILES string of the molecule is COC1[C@@H](OC)[C@H](OC(=O)c2ccccc2)[C@@H](OC(=O)c2ccccc2)[C@H](OC)[C@H]1OC. The zero-order valence-corrected chi connectivity index (χ0v) is 18.5.